The summed E-state index contributed by atoms with van der Waals surface area (Å²) < 4.78 is 38.8. The molecule has 4 nitrogen and oxygen atoms in total. The average molecular weight is 280 g/mol. The SMILES string of the molecule is CN(c1cccc(N)c1)S(=O)(=O)c1cccc(F)c1. The van der Waals surface area contributed by atoms with E-state index in [-0.39, 0.29) is 4.90 Å². The van der Waals surface area contributed by atoms with Crippen molar-refractivity contribution in [2.45, 2.75) is 4.90 Å². The Morgan fingerprint density at radius 2 is 1.79 bits per heavy atom. The van der Waals surface area contributed by atoms with Crippen LogP contribution in [0, 0.1) is 5.82 Å². The predicted octanol–water partition coefficient (Wildman–Crippen LogP) is 2.23. The molecule has 0 saturated carbocycles. The van der Waals surface area contributed by atoms with Gasteiger partial charge in [-0.1, -0.05) is 12.1 Å². The summed E-state index contributed by atoms with van der Waals surface area (Å²) in [7, 11) is -2.40. The zero-order valence-corrected chi connectivity index (χ0v) is 11.1. The van der Waals surface area contributed by atoms with E-state index in [4.69, 9.17) is 5.73 Å². The summed E-state index contributed by atoms with van der Waals surface area (Å²) in [6.07, 6.45) is 0. The zero-order valence-electron chi connectivity index (χ0n) is 10.2. The van der Waals surface area contributed by atoms with Crippen LogP contribution in [0.3, 0.4) is 0 Å². The summed E-state index contributed by atoms with van der Waals surface area (Å²) in [6, 6.07) is 11.4. The maximum Gasteiger partial charge on any atom is 0.264 e. The van der Waals surface area contributed by atoms with Crippen LogP contribution in [0.15, 0.2) is 53.4 Å². The van der Waals surface area contributed by atoms with E-state index >= 15 is 0 Å². The molecule has 0 unspecified atom stereocenters. The number of nitrogen functional groups attached to an aromatic ring is 1. The Balaban J connectivity index is 2.45. The van der Waals surface area contributed by atoms with Gasteiger partial charge in [0.2, 0.25) is 0 Å². The standard InChI is InChI=1S/C13H13FN2O2S/c1-16(12-6-3-5-11(15)9-12)19(17,18)13-7-2-4-10(14)8-13/h2-9H,15H2,1H3. The lowest BCUT2D eigenvalue weighted by atomic mass is 10.3. The van der Waals surface area contributed by atoms with Crippen molar-refractivity contribution in [2.24, 2.45) is 0 Å². The van der Waals surface area contributed by atoms with Crippen LogP contribution in [0.2, 0.25) is 0 Å². The molecule has 0 spiro atoms. The minimum atomic E-state index is -3.79. The average Bonchev–Trinajstić information content (AvgIpc) is 2.38. The Morgan fingerprint density at radius 3 is 2.42 bits per heavy atom. The molecule has 0 radical (unpaired) electrons. The van der Waals surface area contributed by atoms with Crippen molar-refractivity contribution in [1.82, 2.24) is 0 Å². The van der Waals surface area contributed by atoms with Crippen LogP contribution < -0.4 is 10.0 Å². The van der Waals surface area contributed by atoms with E-state index in [0.29, 0.717) is 11.4 Å². The quantitative estimate of drug-likeness (QED) is 0.877. The van der Waals surface area contributed by atoms with E-state index in [9.17, 15) is 12.8 Å². The fourth-order valence-corrected chi connectivity index (χ4v) is 2.86. The van der Waals surface area contributed by atoms with Crippen LogP contribution in [-0.2, 0) is 10.0 Å². The van der Waals surface area contributed by atoms with E-state index in [0.717, 1.165) is 10.4 Å². The molecule has 0 atom stereocenters. The van der Waals surface area contributed by atoms with Crippen molar-refractivity contribution in [2.75, 3.05) is 17.1 Å². The highest BCUT2D eigenvalue weighted by molar-refractivity contribution is 7.92. The number of rotatable bonds is 3. The molecule has 0 aliphatic heterocycles. The number of nitrogens with two attached hydrogens (primary N) is 1. The van der Waals surface area contributed by atoms with Crippen LogP contribution in [0.25, 0.3) is 0 Å². The molecule has 2 aromatic carbocycles. The largest absolute Gasteiger partial charge is 0.399 e. The predicted molar refractivity (Wildman–Crippen MR) is 72.8 cm³/mol. The van der Waals surface area contributed by atoms with Gasteiger partial charge in [0.25, 0.3) is 10.0 Å². The minimum absolute atomic E-state index is 0.0996. The highest BCUT2D eigenvalue weighted by atomic mass is 32.2. The lowest BCUT2D eigenvalue weighted by Crippen LogP contribution is -2.26. The number of halogens is 1. The molecule has 0 bridgehead atoms. The second kappa shape index (κ2) is 4.89. The van der Waals surface area contributed by atoms with Gasteiger partial charge in [-0.2, -0.15) is 0 Å². The van der Waals surface area contributed by atoms with Crippen molar-refractivity contribution in [1.29, 1.82) is 0 Å². The minimum Gasteiger partial charge on any atom is -0.399 e. The van der Waals surface area contributed by atoms with Crippen molar-refractivity contribution in [3.8, 4) is 0 Å². The Morgan fingerprint density at radius 1 is 1.11 bits per heavy atom. The van der Waals surface area contributed by atoms with Crippen molar-refractivity contribution in [3.63, 3.8) is 0 Å². The van der Waals surface area contributed by atoms with E-state index < -0.39 is 15.8 Å². The van der Waals surface area contributed by atoms with E-state index in [1.54, 1.807) is 18.2 Å². The third-order valence-electron chi connectivity index (χ3n) is 2.69. The maximum absolute atomic E-state index is 13.1. The van der Waals surface area contributed by atoms with Crippen LogP contribution in [-0.4, -0.2) is 15.5 Å². The highest BCUT2D eigenvalue weighted by Crippen LogP contribution is 2.23. The molecule has 0 aliphatic carbocycles. The van der Waals surface area contributed by atoms with Crippen molar-refractivity contribution < 1.29 is 12.8 Å². The van der Waals surface area contributed by atoms with Gasteiger partial charge in [0.1, 0.15) is 5.82 Å². The topological polar surface area (TPSA) is 63.4 Å². The number of nitrogens with zero attached hydrogens (tertiary/aromatic N) is 1. The molecular weight excluding hydrogens is 267 g/mol. The number of benzene rings is 2. The van der Waals surface area contributed by atoms with Gasteiger partial charge in [-0.05, 0) is 36.4 Å². The van der Waals surface area contributed by atoms with Crippen LogP contribution in [0.1, 0.15) is 0 Å². The van der Waals surface area contributed by atoms with Gasteiger partial charge in [-0.15, -0.1) is 0 Å². The summed E-state index contributed by atoms with van der Waals surface area (Å²) in [6.45, 7) is 0. The second-order valence-electron chi connectivity index (χ2n) is 4.02. The molecule has 0 aliphatic rings. The molecule has 2 N–H and O–H groups in total. The van der Waals surface area contributed by atoms with Gasteiger partial charge < -0.3 is 5.73 Å². The fourth-order valence-electron chi connectivity index (χ4n) is 1.65. The second-order valence-corrected chi connectivity index (χ2v) is 5.99. The number of hydrogen-bond acceptors (Lipinski definition) is 3. The van der Waals surface area contributed by atoms with Crippen LogP contribution >= 0.6 is 0 Å². The molecule has 0 amide bonds. The lowest BCUT2D eigenvalue weighted by molar-refractivity contribution is 0.589. The van der Waals surface area contributed by atoms with E-state index in [1.165, 1.54) is 31.3 Å². The third kappa shape index (κ3) is 2.68. The van der Waals surface area contributed by atoms with Gasteiger partial charge in [0, 0.05) is 12.7 Å². The zero-order chi connectivity index (χ0) is 14.0. The van der Waals surface area contributed by atoms with Gasteiger partial charge in [-0.3, -0.25) is 4.31 Å². The highest BCUT2D eigenvalue weighted by Gasteiger charge is 2.21. The van der Waals surface area contributed by atoms with Crippen LogP contribution in [0.4, 0.5) is 15.8 Å². The van der Waals surface area contributed by atoms with Crippen molar-refractivity contribution >= 4 is 21.4 Å². The molecule has 19 heavy (non-hydrogen) atoms. The summed E-state index contributed by atoms with van der Waals surface area (Å²) in [5.41, 5.74) is 6.50. The first kappa shape index (κ1) is 13.4. The smallest absolute Gasteiger partial charge is 0.264 e. The summed E-state index contributed by atoms with van der Waals surface area (Å²) in [5.74, 6) is -0.595. The van der Waals surface area contributed by atoms with Crippen LogP contribution in [0.5, 0.6) is 0 Å². The molecule has 0 saturated heterocycles. The Kier molecular flexibility index (Phi) is 3.44. The van der Waals surface area contributed by atoms with Gasteiger partial charge >= 0.3 is 0 Å². The van der Waals surface area contributed by atoms with E-state index in [1.807, 2.05) is 0 Å². The number of anilines is 2. The van der Waals surface area contributed by atoms with Crippen molar-refractivity contribution in [3.05, 3.63) is 54.3 Å². The van der Waals surface area contributed by atoms with Gasteiger partial charge in [0.05, 0.1) is 10.6 Å². The molecule has 0 heterocycles. The molecule has 0 aromatic heterocycles. The first-order chi connectivity index (χ1) is 8.91. The molecule has 0 fully saturated rings. The fraction of sp³-hybridized carbons (Fsp3) is 0.0769. The number of sulfonamides is 1. The van der Waals surface area contributed by atoms with E-state index in [2.05, 4.69) is 0 Å². The summed E-state index contributed by atoms with van der Waals surface area (Å²) >= 11 is 0. The molecule has 100 valence electrons. The Hall–Kier alpha value is -2.08. The third-order valence-corrected chi connectivity index (χ3v) is 4.47. The van der Waals surface area contributed by atoms with Gasteiger partial charge in [-0.25, -0.2) is 12.8 Å². The first-order valence-electron chi connectivity index (χ1n) is 5.51. The number of hydrogen-bond donors (Lipinski definition) is 1. The lowest BCUT2D eigenvalue weighted by Gasteiger charge is -2.19. The Labute approximate surface area is 111 Å². The Bertz CT molecular complexity index is 701. The molecular formula is C13H13FN2O2S. The maximum atomic E-state index is 13.1. The molecule has 2 aromatic rings. The molecule has 6 heteroatoms. The normalized spacial score (nSPS) is 11.3. The first-order valence-corrected chi connectivity index (χ1v) is 6.95. The summed E-state index contributed by atoms with van der Waals surface area (Å²) in [4.78, 5) is -0.0996. The summed E-state index contributed by atoms with van der Waals surface area (Å²) in [5, 5.41) is 0. The monoisotopic (exact) mass is 280 g/mol. The van der Waals surface area contributed by atoms with Gasteiger partial charge in [0.15, 0.2) is 0 Å². The molecule has 2 rings (SSSR count).